The number of hydrogen-bond acceptors (Lipinski definition) is 6. The Hall–Kier alpha value is -3.33. The molecule has 0 saturated heterocycles. The number of carbonyl (C=O) groups excluding carboxylic acids is 2. The van der Waals surface area contributed by atoms with Gasteiger partial charge in [-0.3, -0.25) is 9.59 Å². The lowest BCUT2D eigenvalue weighted by molar-refractivity contribution is -0.121. The van der Waals surface area contributed by atoms with Crippen molar-refractivity contribution in [1.82, 2.24) is 20.1 Å². The van der Waals surface area contributed by atoms with Crippen molar-refractivity contribution < 1.29 is 14.3 Å². The number of hydrogen-bond donors (Lipinski definition) is 2. The number of nitrogens with zero attached hydrogens (tertiary/aromatic N) is 3. The molecule has 1 heterocycles. The third-order valence-corrected chi connectivity index (χ3v) is 6.02. The zero-order valence-corrected chi connectivity index (χ0v) is 20.3. The zero-order valence-electron chi connectivity index (χ0n) is 19.5. The Bertz CT molecular complexity index is 1110. The van der Waals surface area contributed by atoms with E-state index in [1.54, 1.807) is 11.7 Å². The van der Waals surface area contributed by atoms with Crippen LogP contribution in [0.2, 0.25) is 0 Å². The average molecular weight is 468 g/mol. The van der Waals surface area contributed by atoms with Crippen LogP contribution in [0.5, 0.6) is 5.75 Å². The first kappa shape index (κ1) is 24.3. The minimum Gasteiger partial charge on any atom is -0.497 e. The van der Waals surface area contributed by atoms with Crippen LogP contribution >= 0.6 is 11.8 Å². The summed E-state index contributed by atoms with van der Waals surface area (Å²) in [4.78, 5) is 24.8. The van der Waals surface area contributed by atoms with E-state index in [2.05, 4.69) is 26.9 Å². The second kappa shape index (κ2) is 11.0. The molecule has 0 radical (unpaired) electrons. The number of anilines is 1. The van der Waals surface area contributed by atoms with E-state index >= 15 is 0 Å². The highest BCUT2D eigenvalue weighted by Crippen LogP contribution is 2.20. The maximum absolute atomic E-state index is 12.4. The van der Waals surface area contributed by atoms with Crippen LogP contribution in [0.1, 0.15) is 35.5 Å². The highest BCUT2D eigenvalue weighted by atomic mass is 32.2. The van der Waals surface area contributed by atoms with Gasteiger partial charge in [-0.25, -0.2) is 0 Å². The number of aryl methyl sites for hydroxylation is 2. The molecular formula is C24H29N5O3S. The molecule has 2 aromatic carbocycles. The number of rotatable bonds is 9. The summed E-state index contributed by atoms with van der Waals surface area (Å²) in [7, 11) is 3.43. The van der Waals surface area contributed by atoms with Crippen molar-refractivity contribution in [3.05, 3.63) is 65.0 Å². The van der Waals surface area contributed by atoms with Crippen molar-refractivity contribution in [1.29, 1.82) is 0 Å². The number of nitrogens with one attached hydrogen (secondary N) is 2. The Labute approximate surface area is 198 Å². The summed E-state index contributed by atoms with van der Waals surface area (Å²) in [6.07, 6.45) is 0.256. The maximum Gasteiger partial charge on any atom is 0.234 e. The summed E-state index contributed by atoms with van der Waals surface area (Å²) >= 11 is 1.30. The molecule has 0 spiro atoms. The molecule has 0 aliphatic rings. The standard InChI is InChI=1S/C24H29N5O3S/c1-15-10-16(2)12-19(11-15)26-22(31)14-33-24-28-27-23(29(24)4)17(3)25-21(30)13-18-6-8-20(32-5)9-7-18/h6-12,17H,13-14H2,1-5H3,(H,25,30)(H,26,31). The lowest BCUT2D eigenvalue weighted by Crippen LogP contribution is -2.29. The Morgan fingerprint density at radius 3 is 2.36 bits per heavy atom. The Morgan fingerprint density at radius 1 is 1.06 bits per heavy atom. The molecule has 0 saturated carbocycles. The van der Waals surface area contributed by atoms with Gasteiger partial charge in [0.2, 0.25) is 11.8 Å². The van der Waals surface area contributed by atoms with Crippen molar-refractivity contribution in [2.45, 2.75) is 38.4 Å². The second-order valence-electron chi connectivity index (χ2n) is 7.93. The number of methoxy groups -OCH3 is 1. The van der Waals surface area contributed by atoms with Gasteiger partial charge < -0.3 is 19.9 Å². The first-order valence-electron chi connectivity index (χ1n) is 10.6. The molecule has 1 aromatic heterocycles. The molecule has 9 heteroatoms. The van der Waals surface area contributed by atoms with Gasteiger partial charge in [0.05, 0.1) is 25.3 Å². The van der Waals surface area contributed by atoms with E-state index in [4.69, 9.17) is 4.74 Å². The van der Waals surface area contributed by atoms with Crippen LogP contribution < -0.4 is 15.4 Å². The normalized spacial score (nSPS) is 11.7. The van der Waals surface area contributed by atoms with Crippen LogP contribution in [0.25, 0.3) is 0 Å². The summed E-state index contributed by atoms with van der Waals surface area (Å²) in [6.45, 7) is 5.85. The fourth-order valence-electron chi connectivity index (χ4n) is 3.49. The van der Waals surface area contributed by atoms with Gasteiger partial charge in [-0.05, 0) is 61.7 Å². The van der Waals surface area contributed by atoms with Gasteiger partial charge >= 0.3 is 0 Å². The fourth-order valence-corrected chi connectivity index (χ4v) is 4.21. The lowest BCUT2D eigenvalue weighted by atomic mass is 10.1. The largest absolute Gasteiger partial charge is 0.497 e. The minimum atomic E-state index is -0.327. The highest BCUT2D eigenvalue weighted by molar-refractivity contribution is 7.99. The van der Waals surface area contributed by atoms with Crippen molar-refractivity contribution in [2.75, 3.05) is 18.2 Å². The van der Waals surface area contributed by atoms with E-state index in [0.29, 0.717) is 11.0 Å². The van der Waals surface area contributed by atoms with Crippen LogP contribution in [0, 0.1) is 13.8 Å². The summed E-state index contributed by atoms with van der Waals surface area (Å²) in [6, 6.07) is 13.0. The topological polar surface area (TPSA) is 98.1 Å². The summed E-state index contributed by atoms with van der Waals surface area (Å²) in [5.41, 5.74) is 3.87. The van der Waals surface area contributed by atoms with Gasteiger partial charge in [0.15, 0.2) is 11.0 Å². The third-order valence-electron chi connectivity index (χ3n) is 4.99. The summed E-state index contributed by atoms with van der Waals surface area (Å²) in [5.74, 6) is 1.35. The molecule has 0 aliphatic carbocycles. The molecular weight excluding hydrogens is 438 g/mol. The number of benzene rings is 2. The number of carbonyl (C=O) groups is 2. The first-order chi connectivity index (χ1) is 15.7. The van der Waals surface area contributed by atoms with E-state index < -0.39 is 0 Å². The molecule has 2 amide bonds. The number of ether oxygens (including phenoxy) is 1. The molecule has 2 N–H and O–H groups in total. The van der Waals surface area contributed by atoms with Crippen molar-refractivity contribution in [2.24, 2.45) is 7.05 Å². The Kier molecular flexibility index (Phi) is 8.11. The van der Waals surface area contributed by atoms with E-state index in [9.17, 15) is 9.59 Å². The fraction of sp³-hybridized carbons (Fsp3) is 0.333. The molecule has 174 valence electrons. The minimum absolute atomic E-state index is 0.113. The smallest absolute Gasteiger partial charge is 0.234 e. The Balaban J connectivity index is 1.53. The molecule has 3 aromatic rings. The van der Waals surface area contributed by atoms with Gasteiger partial charge in [0.1, 0.15) is 5.75 Å². The molecule has 0 fully saturated rings. The molecule has 0 bridgehead atoms. The third kappa shape index (κ3) is 6.82. The second-order valence-corrected chi connectivity index (χ2v) is 8.87. The summed E-state index contributed by atoms with van der Waals surface area (Å²) in [5, 5.41) is 14.9. The van der Waals surface area contributed by atoms with E-state index in [0.717, 1.165) is 28.1 Å². The number of aromatic nitrogens is 3. The first-order valence-corrected chi connectivity index (χ1v) is 11.6. The van der Waals surface area contributed by atoms with Gasteiger partial charge in [-0.1, -0.05) is 30.0 Å². The van der Waals surface area contributed by atoms with Gasteiger partial charge in [-0.15, -0.1) is 10.2 Å². The van der Waals surface area contributed by atoms with E-state index in [-0.39, 0.29) is 30.0 Å². The average Bonchev–Trinajstić information content (AvgIpc) is 3.12. The molecule has 0 aliphatic heterocycles. The quantitative estimate of drug-likeness (QED) is 0.467. The number of amides is 2. The van der Waals surface area contributed by atoms with Crippen LogP contribution in [-0.2, 0) is 23.1 Å². The van der Waals surface area contributed by atoms with Crippen molar-refractivity contribution in [3.63, 3.8) is 0 Å². The molecule has 3 rings (SSSR count). The maximum atomic E-state index is 12.4. The summed E-state index contributed by atoms with van der Waals surface area (Å²) < 4.78 is 6.94. The lowest BCUT2D eigenvalue weighted by Gasteiger charge is -2.14. The van der Waals surface area contributed by atoms with Crippen LogP contribution in [0.15, 0.2) is 47.6 Å². The van der Waals surface area contributed by atoms with E-state index in [1.165, 1.54) is 11.8 Å². The molecule has 1 atom stereocenters. The van der Waals surface area contributed by atoms with Crippen LogP contribution in [0.3, 0.4) is 0 Å². The molecule has 8 nitrogen and oxygen atoms in total. The predicted molar refractivity (Wildman–Crippen MR) is 130 cm³/mol. The van der Waals surface area contributed by atoms with Crippen LogP contribution in [0.4, 0.5) is 5.69 Å². The van der Waals surface area contributed by atoms with Crippen molar-refractivity contribution >= 4 is 29.3 Å². The van der Waals surface area contributed by atoms with Crippen molar-refractivity contribution in [3.8, 4) is 5.75 Å². The van der Waals surface area contributed by atoms with Gasteiger partial charge in [0, 0.05) is 12.7 Å². The van der Waals surface area contributed by atoms with Crippen LogP contribution in [-0.4, -0.2) is 39.4 Å². The molecule has 1 unspecified atom stereocenters. The molecule has 33 heavy (non-hydrogen) atoms. The zero-order chi connectivity index (χ0) is 24.0. The Morgan fingerprint density at radius 2 is 1.73 bits per heavy atom. The number of thioether (sulfide) groups is 1. The van der Waals surface area contributed by atoms with Gasteiger partial charge in [-0.2, -0.15) is 0 Å². The monoisotopic (exact) mass is 467 g/mol. The van der Waals surface area contributed by atoms with Gasteiger partial charge in [0.25, 0.3) is 0 Å². The highest BCUT2D eigenvalue weighted by Gasteiger charge is 2.18. The van der Waals surface area contributed by atoms with E-state index in [1.807, 2.05) is 64.2 Å². The predicted octanol–water partition coefficient (Wildman–Crippen LogP) is 3.59. The SMILES string of the molecule is COc1ccc(CC(=O)NC(C)c2nnc(SCC(=O)Nc3cc(C)cc(C)c3)n2C)cc1.